The van der Waals surface area contributed by atoms with Crippen LogP contribution in [0.5, 0.6) is 5.75 Å². The van der Waals surface area contributed by atoms with Gasteiger partial charge < -0.3 is 15.0 Å². The lowest BCUT2D eigenvalue weighted by atomic mass is 10.1. The second kappa shape index (κ2) is 13.2. The van der Waals surface area contributed by atoms with Gasteiger partial charge in [-0.25, -0.2) is 8.42 Å². The lowest BCUT2D eigenvalue weighted by Crippen LogP contribution is -2.53. The smallest absolute Gasteiger partial charge is 0.244 e. The van der Waals surface area contributed by atoms with E-state index in [1.165, 1.54) is 30.2 Å². The summed E-state index contributed by atoms with van der Waals surface area (Å²) in [6.07, 6.45) is 2.05. The number of carbonyl (C=O) groups is 2. The lowest BCUT2D eigenvalue weighted by molar-refractivity contribution is -0.140. The van der Waals surface area contributed by atoms with Crippen LogP contribution < -0.4 is 14.4 Å². The van der Waals surface area contributed by atoms with E-state index in [9.17, 15) is 18.0 Å². The van der Waals surface area contributed by atoms with E-state index in [1.807, 2.05) is 13.8 Å². The van der Waals surface area contributed by atoms with Gasteiger partial charge in [0.1, 0.15) is 18.3 Å². The maximum Gasteiger partial charge on any atom is 0.244 e. The Labute approximate surface area is 223 Å². The average Bonchev–Trinajstić information content (AvgIpc) is 2.82. The number of anilines is 1. The van der Waals surface area contributed by atoms with Crippen LogP contribution in [0, 0.1) is 0 Å². The summed E-state index contributed by atoms with van der Waals surface area (Å²) in [4.78, 5) is 28.2. The summed E-state index contributed by atoms with van der Waals surface area (Å²) in [5.41, 5.74) is 0.840. The number of carbonyl (C=O) groups excluding carboxylic acids is 2. The SMILES string of the molecule is CCC(C)NC(=O)C(CC)N(Cc1ccccc1Cl)C(=O)CN(c1ccc(OC)c(Cl)c1)S(C)(=O)=O. The van der Waals surface area contributed by atoms with Crippen molar-refractivity contribution in [2.24, 2.45) is 0 Å². The van der Waals surface area contributed by atoms with Gasteiger partial charge in [0, 0.05) is 17.6 Å². The van der Waals surface area contributed by atoms with Crippen molar-refractivity contribution in [3.8, 4) is 5.75 Å². The number of nitrogens with zero attached hydrogens (tertiary/aromatic N) is 2. The van der Waals surface area contributed by atoms with Crippen LogP contribution in [0.3, 0.4) is 0 Å². The highest BCUT2D eigenvalue weighted by Gasteiger charge is 2.32. The van der Waals surface area contributed by atoms with Crippen LogP contribution in [-0.4, -0.2) is 57.1 Å². The standard InChI is InChI=1S/C25H33Cl2N3O5S/c1-6-17(3)28-25(32)22(7-2)29(15-18-10-8-9-11-20(18)26)24(31)16-30(36(5,33)34)19-12-13-23(35-4)21(27)14-19/h8-14,17,22H,6-7,15-16H2,1-5H3,(H,28,32). The summed E-state index contributed by atoms with van der Waals surface area (Å²) in [6, 6.07) is 10.5. The number of ether oxygens (including phenoxy) is 1. The minimum absolute atomic E-state index is 0.0336. The third-order valence-electron chi connectivity index (χ3n) is 5.79. The molecular formula is C25H33Cl2N3O5S. The maximum atomic E-state index is 13.7. The molecule has 198 valence electrons. The van der Waals surface area contributed by atoms with E-state index in [1.54, 1.807) is 31.2 Å². The average molecular weight is 559 g/mol. The molecule has 36 heavy (non-hydrogen) atoms. The van der Waals surface area contributed by atoms with Gasteiger partial charge in [-0.3, -0.25) is 13.9 Å². The molecule has 0 aliphatic rings. The zero-order valence-corrected chi connectivity index (χ0v) is 23.5. The molecule has 0 aliphatic heterocycles. The van der Waals surface area contributed by atoms with Crippen LogP contribution in [0.25, 0.3) is 0 Å². The normalized spacial score (nSPS) is 13.0. The molecule has 0 spiro atoms. The fourth-order valence-electron chi connectivity index (χ4n) is 3.59. The van der Waals surface area contributed by atoms with Gasteiger partial charge in [-0.1, -0.05) is 55.2 Å². The van der Waals surface area contributed by atoms with E-state index in [-0.39, 0.29) is 29.2 Å². The van der Waals surface area contributed by atoms with Gasteiger partial charge in [0.2, 0.25) is 21.8 Å². The summed E-state index contributed by atoms with van der Waals surface area (Å²) in [6.45, 7) is 5.13. The first-order valence-corrected chi connectivity index (χ1v) is 14.2. The summed E-state index contributed by atoms with van der Waals surface area (Å²) in [7, 11) is -2.43. The van der Waals surface area contributed by atoms with Crippen LogP contribution in [0.1, 0.15) is 39.2 Å². The van der Waals surface area contributed by atoms with E-state index in [4.69, 9.17) is 27.9 Å². The van der Waals surface area contributed by atoms with Crippen molar-refractivity contribution in [1.82, 2.24) is 10.2 Å². The van der Waals surface area contributed by atoms with E-state index < -0.39 is 28.5 Å². The van der Waals surface area contributed by atoms with Gasteiger partial charge in [-0.05, 0) is 49.6 Å². The number of sulfonamides is 1. The van der Waals surface area contributed by atoms with Crippen molar-refractivity contribution < 1.29 is 22.7 Å². The molecule has 2 rings (SSSR count). The van der Waals surface area contributed by atoms with Crippen molar-refractivity contribution in [3.05, 3.63) is 58.1 Å². The third-order valence-corrected chi connectivity index (χ3v) is 7.59. The molecule has 8 nitrogen and oxygen atoms in total. The minimum Gasteiger partial charge on any atom is -0.495 e. The monoisotopic (exact) mass is 557 g/mol. The largest absolute Gasteiger partial charge is 0.495 e. The Morgan fingerprint density at radius 1 is 1.06 bits per heavy atom. The summed E-state index contributed by atoms with van der Waals surface area (Å²) in [5.74, 6) is -0.502. The molecule has 2 amide bonds. The molecule has 0 aromatic heterocycles. The predicted molar refractivity (Wildman–Crippen MR) is 144 cm³/mol. The predicted octanol–water partition coefficient (Wildman–Crippen LogP) is 4.49. The molecule has 0 aliphatic carbocycles. The van der Waals surface area contributed by atoms with E-state index >= 15 is 0 Å². The van der Waals surface area contributed by atoms with E-state index in [0.717, 1.165) is 17.0 Å². The second-order valence-electron chi connectivity index (χ2n) is 8.44. The van der Waals surface area contributed by atoms with Crippen molar-refractivity contribution >= 4 is 50.7 Å². The zero-order chi connectivity index (χ0) is 27.0. The van der Waals surface area contributed by atoms with Crippen molar-refractivity contribution in [2.75, 3.05) is 24.2 Å². The highest BCUT2D eigenvalue weighted by atomic mass is 35.5. The molecule has 1 N–H and O–H groups in total. The number of hydrogen-bond acceptors (Lipinski definition) is 5. The molecular weight excluding hydrogens is 525 g/mol. The van der Waals surface area contributed by atoms with Gasteiger partial charge in [0.05, 0.1) is 24.1 Å². The second-order valence-corrected chi connectivity index (χ2v) is 11.2. The molecule has 0 saturated carbocycles. The third kappa shape index (κ3) is 7.75. The molecule has 0 heterocycles. The first-order chi connectivity index (χ1) is 16.9. The molecule has 2 atom stereocenters. The number of hydrogen-bond donors (Lipinski definition) is 1. The molecule has 2 aromatic rings. The Bertz CT molecular complexity index is 1180. The Hall–Kier alpha value is -2.49. The fraction of sp³-hybridized carbons (Fsp3) is 0.440. The molecule has 0 radical (unpaired) electrons. The van der Waals surface area contributed by atoms with Gasteiger partial charge in [-0.2, -0.15) is 0 Å². The highest BCUT2D eigenvalue weighted by molar-refractivity contribution is 7.92. The molecule has 0 bridgehead atoms. The number of methoxy groups -OCH3 is 1. The van der Waals surface area contributed by atoms with E-state index in [0.29, 0.717) is 22.8 Å². The number of nitrogens with one attached hydrogen (secondary N) is 1. The first-order valence-electron chi connectivity index (χ1n) is 11.6. The highest BCUT2D eigenvalue weighted by Crippen LogP contribution is 2.30. The number of rotatable bonds is 12. The number of benzene rings is 2. The summed E-state index contributed by atoms with van der Waals surface area (Å²) < 4.78 is 31.5. The van der Waals surface area contributed by atoms with Crippen LogP contribution in [0.4, 0.5) is 5.69 Å². The Morgan fingerprint density at radius 2 is 1.72 bits per heavy atom. The van der Waals surface area contributed by atoms with Gasteiger partial charge >= 0.3 is 0 Å². The maximum absolute atomic E-state index is 13.7. The minimum atomic E-state index is -3.88. The van der Waals surface area contributed by atoms with Crippen LogP contribution in [0.15, 0.2) is 42.5 Å². The molecule has 2 aromatic carbocycles. The van der Waals surface area contributed by atoms with Crippen LogP contribution in [0.2, 0.25) is 10.0 Å². The van der Waals surface area contributed by atoms with Gasteiger partial charge in [0.25, 0.3) is 0 Å². The molecule has 0 saturated heterocycles. The van der Waals surface area contributed by atoms with Gasteiger partial charge in [0.15, 0.2) is 0 Å². The van der Waals surface area contributed by atoms with Crippen molar-refractivity contribution in [3.63, 3.8) is 0 Å². The Balaban J connectivity index is 2.48. The van der Waals surface area contributed by atoms with Crippen LogP contribution in [-0.2, 0) is 26.2 Å². The number of halogens is 2. The number of amides is 2. The van der Waals surface area contributed by atoms with Crippen molar-refractivity contribution in [2.45, 2.75) is 52.2 Å². The topological polar surface area (TPSA) is 96.0 Å². The quantitative estimate of drug-likeness (QED) is 0.414. The Morgan fingerprint density at radius 3 is 2.25 bits per heavy atom. The zero-order valence-electron chi connectivity index (χ0n) is 21.1. The molecule has 0 fully saturated rings. The Kier molecular flexibility index (Phi) is 10.9. The van der Waals surface area contributed by atoms with Gasteiger partial charge in [-0.15, -0.1) is 0 Å². The van der Waals surface area contributed by atoms with Crippen LogP contribution >= 0.6 is 23.2 Å². The first kappa shape index (κ1) is 29.7. The lowest BCUT2D eigenvalue weighted by Gasteiger charge is -2.33. The van der Waals surface area contributed by atoms with Crippen molar-refractivity contribution in [1.29, 1.82) is 0 Å². The summed E-state index contributed by atoms with van der Waals surface area (Å²) >= 11 is 12.6. The van der Waals surface area contributed by atoms with E-state index in [2.05, 4.69) is 5.32 Å². The fourth-order valence-corrected chi connectivity index (χ4v) is 4.88. The summed E-state index contributed by atoms with van der Waals surface area (Å²) in [5, 5.41) is 3.56. The molecule has 2 unspecified atom stereocenters. The molecule has 11 heteroatoms.